The van der Waals surface area contributed by atoms with Gasteiger partial charge in [-0.05, 0) is 99.5 Å². The van der Waals surface area contributed by atoms with E-state index in [4.69, 9.17) is 37.4 Å². The van der Waals surface area contributed by atoms with E-state index < -0.39 is 5.97 Å². The van der Waals surface area contributed by atoms with Gasteiger partial charge in [-0.25, -0.2) is 0 Å². The molecule has 0 unspecified atom stereocenters. The molecule has 0 fully saturated rings. The molecule has 3 heterocycles. The molecule has 0 aliphatic carbocycles. The van der Waals surface area contributed by atoms with E-state index in [1.54, 1.807) is 24.5 Å². The van der Waals surface area contributed by atoms with Gasteiger partial charge in [-0.3, -0.25) is 19.8 Å². The smallest absolute Gasteiger partial charge is 0.308 e. The second kappa shape index (κ2) is 21.3. The molecule has 0 saturated carbocycles. The van der Waals surface area contributed by atoms with Crippen LogP contribution in [0.15, 0.2) is 78.5 Å². The van der Waals surface area contributed by atoms with Crippen LogP contribution in [-0.2, 0) is 20.7 Å². The van der Waals surface area contributed by atoms with Crippen molar-refractivity contribution in [2.75, 3.05) is 39.5 Å². The molecule has 12 heteroatoms. The minimum Gasteiger partial charge on any atom is -0.424 e. The fraction of sp³-hybridized carbons (Fsp3) is 0.417. The summed E-state index contributed by atoms with van der Waals surface area (Å²) in [5.41, 5.74) is 9.45. The Bertz CT molecular complexity index is 1520. The maximum Gasteiger partial charge on any atom is 0.308 e. The van der Waals surface area contributed by atoms with Gasteiger partial charge in [0.25, 0.3) is 0 Å². The average molecular weight is 698 g/mol. The van der Waals surface area contributed by atoms with E-state index in [0.29, 0.717) is 35.1 Å². The molecular formula is C36H46Cl2N6O4. The number of pyridine rings is 2. The van der Waals surface area contributed by atoms with Crippen molar-refractivity contribution in [3.8, 4) is 5.75 Å². The molecule has 4 rings (SSSR count). The summed E-state index contributed by atoms with van der Waals surface area (Å²) in [7, 11) is 0. The van der Waals surface area contributed by atoms with E-state index in [2.05, 4.69) is 32.3 Å². The highest BCUT2D eigenvalue weighted by molar-refractivity contribution is 6.36. The van der Waals surface area contributed by atoms with Gasteiger partial charge in [0.1, 0.15) is 5.52 Å². The van der Waals surface area contributed by atoms with Crippen LogP contribution in [0.2, 0.25) is 5.02 Å². The molecule has 1 aliphatic heterocycles. The third-order valence-corrected chi connectivity index (χ3v) is 8.05. The third kappa shape index (κ3) is 13.1. The first-order valence-corrected chi connectivity index (χ1v) is 17.3. The van der Waals surface area contributed by atoms with Crippen molar-refractivity contribution in [3.05, 3.63) is 94.7 Å². The van der Waals surface area contributed by atoms with E-state index in [0.717, 1.165) is 93.8 Å². The number of esters is 1. The largest absolute Gasteiger partial charge is 0.424 e. The summed E-state index contributed by atoms with van der Waals surface area (Å²) in [5, 5.41) is 7.30. The van der Waals surface area contributed by atoms with Crippen LogP contribution in [0.3, 0.4) is 0 Å². The van der Waals surface area contributed by atoms with Crippen molar-refractivity contribution in [1.29, 1.82) is 0 Å². The van der Waals surface area contributed by atoms with Gasteiger partial charge in [0, 0.05) is 87.2 Å². The lowest BCUT2D eigenvalue weighted by molar-refractivity contribution is -0.131. The fourth-order valence-corrected chi connectivity index (χ4v) is 5.48. The molecule has 2 aromatic heterocycles. The van der Waals surface area contributed by atoms with E-state index in [-0.39, 0.29) is 0 Å². The first-order chi connectivity index (χ1) is 23.5. The van der Waals surface area contributed by atoms with Gasteiger partial charge < -0.3 is 25.0 Å². The van der Waals surface area contributed by atoms with E-state index in [1.807, 2.05) is 47.9 Å². The average Bonchev–Trinajstić information content (AvgIpc) is 3.56. The summed E-state index contributed by atoms with van der Waals surface area (Å²) < 4.78 is 17.1. The van der Waals surface area contributed by atoms with Crippen molar-refractivity contribution >= 4 is 45.8 Å². The Balaban J connectivity index is 1.00. The van der Waals surface area contributed by atoms with E-state index in [9.17, 15) is 4.79 Å². The lowest BCUT2D eigenvalue weighted by Gasteiger charge is -2.15. The molecule has 3 aromatic rings. The molecule has 0 bridgehead atoms. The molecular weight excluding hydrogens is 651 g/mol. The molecule has 1 aliphatic rings. The van der Waals surface area contributed by atoms with Crippen molar-refractivity contribution in [1.82, 2.24) is 31.3 Å². The maximum atomic E-state index is 11.8. The zero-order chi connectivity index (χ0) is 33.8. The normalized spacial score (nSPS) is 13.3. The zero-order valence-electron chi connectivity index (χ0n) is 27.6. The summed E-state index contributed by atoms with van der Waals surface area (Å²) in [6, 6.07) is 9.50. The van der Waals surface area contributed by atoms with Crippen LogP contribution in [0.25, 0.3) is 16.6 Å². The number of hydrazine groups is 2. The number of aromatic nitrogens is 2. The van der Waals surface area contributed by atoms with Gasteiger partial charge in [0.15, 0.2) is 5.75 Å². The Morgan fingerprint density at radius 2 is 1.81 bits per heavy atom. The Morgan fingerprint density at radius 3 is 2.62 bits per heavy atom. The van der Waals surface area contributed by atoms with Crippen LogP contribution in [0.1, 0.15) is 63.0 Å². The number of hydrogen-bond acceptors (Lipinski definition) is 10. The SMILES string of the molecule is CC(=O)Oc1c(C2=CN(CCCCOCCC/C(Cl)=C/C=C\NCCCCOCCCc3cccnc3)NN2)cc(Cl)c2cccnc12. The number of fused-ring (bicyclic) bond motifs is 1. The van der Waals surface area contributed by atoms with E-state index >= 15 is 0 Å². The third-order valence-electron chi connectivity index (χ3n) is 7.42. The highest BCUT2D eigenvalue weighted by Gasteiger charge is 2.22. The second-order valence-electron chi connectivity index (χ2n) is 11.3. The Kier molecular flexibility index (Phi) is 16.5. The predicted octanol–water partition coefficient (Wildman–Crippen LogP) is 7.06. The van der Waals surface area contributed by atoms with Crippen molar-refractivity contribution < 1.29 is 19.0 Å². The monoisotopic (exact) mass is 696 g/mol. The highest BCUT2D eigenvalue weighted by atomic mass is 35.5. The molecule has 0 saturated heterocycles. The number of ether oxygens (including phenoxy) is 3. The summed E-state index contributed by atoms with van der Waals surface area (Å²) in [6.45, 7) is 5.97. The number of halogens is 2. The zero-order valence-corrected chi connectivity index (χ0v) is 29.1. The lowest BCUT2D eigenvalue weighted by Crippen LogP contribution is -2.36. The standard InChI is InChI=1S/C36H46Cl2N6O4/c1-28(45)48-36-32(25-33(38)31-15-8-19-41-35(31)36)34-27-44(43-42-34)20-3-5-22-47-24-10-14-30(37)13-7-17-39-16-2-4-21-46-23-9-12-29-11-6-18-40-26-29/h6-8,11,13,15,17-19,25-27,39,42-43H,2-5,9-10,12,14,16,20-24H2,1H3/b17-7-,30-13-. The number of allylic oxidation sites excluding steroid dienone is 3. The minimum absolute atomic E-state index is 0.373. The summed E-state index contributed by atoms with van der Waals surface area (Å²) in [5.74, 6) is -0.0534. The maximum absolute atomic E-state index is 11.8. The number of rotatable bonds is 22. The number of carbonyl (C=O) groups excluding carboxylic acids is 1. The molecule has 258 valence electrons. The van der Waals surface area contributed by atoms with Crippen LogP contribution >= 0.6 is 23.2 Å². The van der Waals surface area contributed by atoms with Crippen molar-refractivity contribution in [3.63, 3.8) is 0 Å². The molecule has 0 spiro atoms. The first kappa shape index (κ1) is 37.2. The summed E-state index contributed by atoms with van der Waals surface area (Å²) in [4.78, 5) is 20.4. The number of unbranched alkanes of at least 4 members (excludes halogenated alkanes) is 2. The Hall–Kier alpha value is -3.67. The number of nitrogens with one attached hydrogen (secondary N) is 3. The number of hydrogen-bond donors (Lipinski definition) is 3. The van der Waals surface area contributed by atoms with Crippen molar-refractivity contribution in [2.45, 2.75) is 58.3 Å². The van der Waals surface area contributed by atoms with Crippen LogP contribution in [0, 0.1) is 0 Å². The van der Waals surface area contributed by atoms with Gasteiger partial charge in [-0.1, -0.05) is 29.3 Å². The van der Waals surface area contributed by atoms with Gasteiger partial charge in [0.05, 0.1) is 10.7 Å². The topological polar surface area (TPSA) is 110 Å². The number of nitrogens with zero attached hydrogens (tertiary/aromatic N) is 3. The molecule has 0 atom stereocenters. The fourth-order valence-electron chi connectivity index (χ4n) is 5.01. The molecule has 1 aromatic carbocycles. The summed E-state index contributed by atoms with van der Waals surface area (Å²) >= 11 is 12.9. The Morgan fingerprint density at radius 1 is 1.02 bits per heavy atom. The quantitative estimate of drug-likeness (QED) is 0.0437. The number of aryl methyl sites for hydroxylation is 1. The lowest BCUT2D eigenvalue weighted by atomic mass is 10.1. The van der Waals surface area contributed by atoms with Gasteiger partial charge in [-0.2, -0.15) is 0 Å². The van der Waals surface area contributed by atoms with Crippen LogP contribution in [0.4, 0.5) is 0 Å². The van der Waals surface area contributed by atoms with Gasteiger partial charge in [0.2, 0.25) is 0 Å². The Labute approximate surface area is 293 Å². The summed E-state index contributed by atoms with van der Waals surface area (Å²) in [6.07, 6.45) is 20.7. The molecule has 48 heavy (non-hydrogen) atoms. The molecule has 3 N–H and O–H groups in total. The number of benzene rings is 1. The van der Waals surface area contributed by atoms with Crippen LogP contribution in [-0.4, -0.2) is 60.5 Å². The van der Waals surface area contributed by atoms with Crippen molar-refractivity contribution in [2.24, 2.45) is 0 Å². The van der Waals surface area contributed by atoms with E-state index in [1.165, 1.54) is 12.5 Å². The molecule has 10 nitrogen and oxygen atoms in total. The number of carbonyl (C=O) groups is 1. The second-order valence-corrected chi connectivity index (χ2v) is 12.2. The van der Waals surface area contributed by atoms with Gasteiger partial charge >= 0.3 is 5.97 Å². The minimum atomic E-state index is -0.426. The van der Waals surface area contributed by atoms with Crippen LogP contribution in [0.5, 0.6) is 5.75 Å². The highest BCUT2D eigenvalue weighted by Crippen LogP contribution is 2.37. The molecule has 0 radical (unpaired) electrons. The molecule has 0 amide bonds. The predicted molar refractivity (Wildman–Crippen MR) is 192 cm³/mol. The first-order valence-electron chi connectivity index (χ1n) is 16.6. The van der Waals surface area contributed by atoms with Gasteiger partial charge in [-0.15, -0.1) is 5.53 Å². The van der Waals surface area contributed by atoms with Crippen LogP contribution < -0.4 is 21.0 Å².